The number of nitrogens with zero attached hydrogens (tertiary/aromatic N) is 1. The van der Waals surface area contributed by atoms with Gasteiger partial charge in [0.1, 0.15) is 5.39 Å². The van der Waals surface area contributed by atoms with E-state index >= 15 is 0 Å². The minimum Gasteiger partial charge on any atom is -0.403 e. The van der Waals surface area contributed by atoms with Crippen LogP contribution in [-0.4, -0.2) is 9.97 Å². The summed E-state index contributed by atoms with van der Waals surface area (Å²) < 4.78 is 30.4. The number of fused-ring (bicyclic) bond motifs is 1. The van der Waals surface area contributed by atoms with E-state index in [4.69, 9.17) is 4.42 Å². The van der Waals surface area contributed by atoms with Gasteiger partial charge in [0.05, 0.1) is 0 Å². The van der Waals surface area contributed by atoms with Crippen LogP contribution in [0.2, 0.25) is 0 Å². The van der Waals surface area contributed by atoms with Gasteiger partial charge in [-0.2, -0.15) is 4.98 Å². The molecule has 0 amide bonds. The maximum absolute atomic E-state index is 12.7. The number of aryl methyl sites for hydroxylation is 1. The Morgan fingerprint density at radius 2 is 2.08 bits per heavy atom. The number of hydrogen-bond acceptors (Lipinski definition) is 4. The lowest BCUT2D eigenvalue weighted by Crippen LogP contribution is -2.16. The molecule has 2 fully saturated rings. The summed E-state index contributed by atoms with van der Waals surface area (Å²) in [5, 5.41) is 0.107. The summed E-state index contributed by atoms with van der Waals surface area (Å²) in [5.41, 5.74) is -0.637. The minimum absolute atomic E-state index is 0.107. The van der Waals surface area contributed by atoms with Gasteiger partial charge in [0.15, 0.2) is 5.82 Å². The second kappa shape index (κ2) is 5.50. The lowest BCUT2D eigenvalue weighted by molar-refractivity contribution is 0.140. The zero-order valence-corrected chi connectivity index (χ0v) is 13.1. The molecule has 4 rings (SSSR count). The lowest BCUT2D eigenvalue weighted by atomic mass is 9.92. The van der Waals surface area contributed by atoms with E-state index in [2.05, 4.69) is 9.97 Å². The van der Waals surface area contributed by atoms with E-state index in [1.165, 1.54) is 31.7 Å². The van der Waals surface area contributed by atoms with Gasteiger partial charge >= 0.3 is 5.63 Å². The van der Waals surface area contributed by atoms with Crippen LogP contribution in [-0.2, 0) is 6.42 Å². The highest BCUT2D eigenvalue weighted by molar-refractivity contribution is 5.75. The van der Waals surface area contributed by atoms with Gasteiger partial charge in [0.25, 0.3) is 12.0 Å². The fraction of sp³-hybridized carbons (Fsp3) is 0.588. The first-order valence-electron chi connectivity index (χ1n) is 8.34. The molecule has 24 heavy (non-hydrogen) atoms. The third-order valence-electron chi connectivity index (χ3n) is 5.38. The Kier molecular flexibility index (Phi) is 3.54. The molecule has 0 atom stereocenters. The van der Waals surface area contributed by atoms with E-state index in [1.54, 1.807) is 0 Å². The van der Waals surface area contributed by atoms with Gasteiger partial charge in [-0.05, 0) is 61.8 Å². The number of aromatic nitrogens is 2. The van der Waals surface area contributed by atoms with Crippen molar-refractivity contribution in [1.82, 2.24) is 9.97 Å². The van der Waals surface area contributed by atoms with Crippen molar-refractivity contribution in [2.45, 2.75) is 51.4 Å². The van der Waals surface area contributed by atoms with Crippen LogP contribution < -0.4 is 11.2 Å². The van der Waals surface area contributed by atoms with Gasteiger partial charge in [0, 0.05) is 6.07 Å². The smallest absolute Gasteiger partial charge is 0.337 e. The molecule has 2 saturated carbocycles. The van der Waals surface area contributed by atoms with Crippen molar-refractivity contribution in [3.63, 3.8) is 0 Å². The topological polar surface area (TPSA) is 76.0 Å². The standard InChI is InChI=1S/C17H18F2N2O3/c18-13(19)14-20-15(23)12-9(8-11(22)24-16(12)21-14)2-1-5-17(6-7-17)10-3-4-10/h8,10,13H,1-7H2,(H,20,21,23). The summed E-state index contributed by atoms with van der Waals surface area (Å²) in [6.45, 7) is 0. The van der Waals surface area contributed by atoms with Crippen molar-refractivity contribution in [3.05, 3.63) is 38.2 Å². The Balaban J connectivity index is 1.62. The molecule has 0 spiro atoms. The molecule has 0 saturated heterocycles. The van der Waals surface area contributed by atoms with Crippen LogP contribution in [0.4, 0.5) is 8.78 Å². The molecule has 2 aromatic rings. The van der Waals surface area contributed by atoms with E-state index in [1.807, 2.05) is 0 Å². The highest BCUT2D eigenvalue weighted by Crippen LogP contribution is 2.63. The third-order valence-corrected chi connectivity index (χ3v) is 5.38. The maximum Gasteiger partial charge on any atom is 0.337 e. The molecule has 0 radical (unpaired) electrons. The normalized spacial score (nSPS) is 19.1. The van der Waals surface area contributed by atoms with Crippen molar-refractivity contribution in [1.29, 1.82) is 0 Å². The minimum atomic E-state index is -2.93. The molecular formula is C17H18F2N2O3. The fourth-order valence-corrected chi connectivity index (χ4v) is 3.82. The number of halogens is 2. The van der Waals surface area contributed by atoms with Crippen molar-refractivity contribution in [2.75, 3.05) is 0 Å². The predicted octanol–water partition coefficient (Wildman–Crippen LogP) is 3.33. The highest BCUT2D eigenvalue weighted by atomic mass is 19.3. The van der Waals surface area contributed by atoms with Crippen LogP contribution in [0.25, 0.3) is 11.1 Å². The average Bonchev–Trinajstić information content (AvgIpc) is 3.39. The third kappa shape index (κ3) is 2.76. The van der Waals surface area contributed by atoms with Gasteiger partial charge in [0.2, 0.25) is 5.71 Å². The zero-order valence-electron chi connectivity index (χ0n) is 13.1. The van der Waals surface area contributed by atoms with Crippen LogP contribution in [0, 0.1) is 11.3 Å². The van der Waals surface area contributed by atoms with Crippen molar-refractivity contribution >= 4 is 11.1 Å². The van der Waals surface area contributed by atoms with Gasteiger partial charge < -0.3 is 9.40 Å². The van der Waals surface area contributed by atoms with E-state index in [0.717, 1.165) is 18.8 Å². The van der Waals surface area contributed by atoms with Gasteiger partial charge in [-0.3, -0.25) is 4.79 Å². The molecule has 128 valence electrons. The molecule has 0 aliphatic heterocycles. The zero-order chi connectivity index (χ0) is 16.9. The van der Waals surface area contributed by atoms with Crippen molar-refractivity contribution in [3.8, 4) is 0 Å². The van der Waals surface area contributed by atoms with E-state index in [-0.39, 0.29) is 11.1 Å². The SMILES string of the molecule is O=c1cc(CCCC2(C3CC3)CC2)c2c(=O)[nH]c(C(F)F)nc2o1. The second-order valence-electron chi connectivity index (χ2n) is 7.01. The van der Waals surface area contributed by atoms with Crippen LogP contribution in [0.15, 0.2) is 20.1 Å². The number of H-pyrrole nitrogens is 1. The summed E-state index contributed by atoms with van der Waals surface area (Å²) in [6, 6.07) is 1.28. The summed E-state index contributed by atoms with van der Waals surface area (Å²) in [7, 11) is 0. The van der Waals surface area contributed by atoms with E-state index in [9.17, 15) is 18.4 Å². The molecule has 1 N–H and O–H groups in total. The van der Waals surface area contributed by atoms with E-state index in [0.29, 0.717) is 17.4 Å². The highest BCUT2D eigenvalue weighted by Gasteiger charge is 2.52. The summed E-state index contributed by atoms with van der Waals surface area (Å²) in [6.07, 6.45) is 4.75. The van der Waals surface area contributed by atoms with Crippen LogP contribution >= 0.6 is 0 Å². The molecular weight excluding hydrogens is 318 g/mol. The van der Waals surface area contributed by atoms with Gasteiger partial charge in [-0.1, -0.05) is 0 Å². The number of hydrogen-bond donors (Lipinski definition) is 1. The van der Waals surface area contributed by atoms with Gasteiger partial charge in [-0.25, -0.2) is 13.6 Å². The van der Waals surface area contributed by atoms with Crippen molar-refractivity contribution < 1.29 is 13.2 Å². The number of nitrogens with one attached hydrogen (secondary N) is 1. The van der Waals surface area contributed by atoms with Crippen LogP contribution in [0.3, 0.4) is 0 Å². The lowest BCUT2D eigenvalue weighted by Gasteiger charge is -2.13. The molecule has 0 aromatic carbocycles. The average molecular weight is 336 g/mol. The molecule has 2 aliphatic carbocycles. The number of rotatable bonds is 6. The summed E-state index contributed by atoms with van der Waals surface area (Å²) in [5.74, 6) is 0.0761. The molecule has 5 nitrogen and oxygen atoms in total. The Labute approximate surface area is 136 Å². The first-order valence-corrected chi connectivity index (χ1v) is 8.34. The van der Waals surface area contributed by atoms with E-state index < -0.39 is 23.4 Å². The molecule has 2 heterocycles. The summed E-state index contributed by atoms with van der Waals surface area (Å²) >= 11 is 0. The largest absolute Gasteiger partial charge is 0.403 e. The molecule has 2 aromatic heterocycles. The van der Waals surface area contributed by atoms with Crippen LogP contribution in [0.1, 0.15) is 56.3 Å². The quantitative estimate of drug-likeness (QED) is 0.878. The van der Waals surface area contributed by atoms with Crippen LogP contribution in [0.5, 0.6) is 0 Å². The molecule has 7 heteroatoms. The number of aromatic amines is 1. The Bertz CT molecular complexity index is 895. The second-order valence-corrected chi connectivity index (χ2v) is 7.01. The Hall–Kier alpha value is -2.05. The molecule has 2 aliphatic rings. The first-order chi connectivity index (χ1) is 11.5. The first kappa shape index (κ1) is 15.5. The molecule has 0 unspecified atom stereocenters. The van der Waals surface area contributed by atoms with Gasteiger partial charge in [-0.15, -0.1) is 0 Å². The number of alkyl halides is 2. The summed E-state index contributed by atoms with van der Waals surface area (Å²) in [4.78, 5) is 29.5. The maximum atomic E-state index is 12.7. The monoisotopic (exact) mass is 336 g/mol. The predicted molar refractivity (Wildman–Crippen MR) is 83.2 cm³/mol. The Morgan fingerprint density at radius 3 is 2.71 bits per heavy atom. The molecule has 0 bridgehead atoms. The van der Waals surface area contributed by atoms with Crippen molar-refractivity contribution in [2.24, 2.45) is 11.3 Å². The fourth-order valence-electron chi connectivity index (χ4n) is 3.82. The Morgan fingerprint density at radius 1 is 1.33 bits per heavy atom.